The summed E-state index contributed by atoms with van der Waals surface area (Å²) in [4.78, 5) is 23.8. The summed E-state index contributed by atoms with van der Waals surface area (Å²) in [6.07, 6.45) is 0. The van der Waals surface area contributed by atoms with Gasteiger partial charge in [0.1, 0.15) is 12.4 Å². The van der Waals surface area contributed by atoms with Crippen LogP contribution in [0.15, 0.2) is 60.7 Å². The normalized spacial score (nSPS) is 10.4. The number of carbonyl (C=O) groups is 2. The SMILES string of the molecule is O=C(O)c1cc(Cl)c(NC(=O)c2cc(OCc3ccccc3)ccc2Cl)c(Cl)c1. The van der Waals surface area contributed by atoms with Gasteiger partial charge in [-0.3, -0.25) is 4.79 Å². The van der Waals surface area contributed by atoms with Crippen LogP contribution in [0.25, 0.3) is 0 Å². The Hall–Kier alpha value is -2.73. The fourth-order valence-electron chi connectivity index (χ4n) is 2.51. The molecule has 5 nitrogen and oxygen atoms in total. The summed E-state index contributed by atoms with van der Waals surface area (Å²) in [5.74, 6) is -1.29. The second-order valence-corrected chi connectivity index (χ2v) is 7.21. The Morgan fingerprint density at radius 1 is 0.897 bits per heavy atom. The van der Waals surface area contributed by atoms with Crippen LogP contribution in [0.2, 0.25) is 15.1 Å². The maximum absolute atomic E-state index is 12.7. The Kier molecular flexibility index (Phi) is 6.64. The van der Waals surface area contributed by atoms with Crippen molar-refractivity contribution in [3.05, 3.63) is 92.4 Å². The summed E-state index contributed by atoms with van der Waals surface area (Å²) in [5, 5.41) is 11.8. The zero-order chi connectivity index (χ0) is 21.0. The van der Waals surface area contributed by atoms with Crippen molar-refractivity contribution in [2.24, 2.45) is 0 Å². The molecule has 0 saturated heterocycles. The Balaban J connectivity index is 1.80. The first-order valence-electron chi connectivity index (χ1n) is 8.35. The van der Waals surface area contributed by atoms with Crippen molar-refractivity contribution < 1.29 is 19.4 Å². The molecule has 0 atom stereocenters. The first-order valence-corrected chi connectivity index (χ1v) is 9.48. The van der Waals surface area contributed by atoms with Crippen molar-refractivity contribution in [3.8, 4) is 5.75 Å². The van der Waals surface area contributed by atoms with Gasteiger partial charge in [-0.2, -0.15) is 0 Å². The molecule has 0 aliphatic carbocycles. The molecule has 0 saturated carbocycles. The lowest BCUT2D eigenvalue weighted by atomic mass is 10.1. The topological polar surface area (TPSA) is 75.6 Å². The predicted octanol–water partition coefficient (Wildman–Crippen LogP) is 6.18. The highest BCUT2D eigenvalue weighted by Gasteiger charge is 2.18. The number of halogens is 3. The van der Waals surface area contributed by atoms with Crippen LogP contribution in [0, 0.1) is 0 Å². The molecule has 0 aliphatic heterocycles. The molecule has 8 heteroatoms. The lowest BCUT2D eigenvalue weighted by Crippen LogP contribution is -2.14. The molecule has 2 N–H and O–H groups in total. The van der Waals surface area contributed by atoms with Gasteiger partial charge < -0.3 is 15.2 Å². The fraction of sp³-hybridized carbons (Fsp3) is 0.0476. The number of carboxylic acid groups (broad SMARTS) is 1. The number of amides is 1. The fourth-order valence-corrected chi connectivity index (χ4v) is 3.29. The Bertz CT molecular complexity index is 1050. The quantitative estimate of drug-likeness (QED) is 0.470. The predicted molar refractivity (Wildman–Crippen MR) is 114 cm³/mol. The van der Waals surface area contributed by atoms with Gasteiger partial charge in [-0.1, -0.05) is 65.1 Å². The van der Waals surface area contributed by atoms with Crippen LogP contribution in [-0.4, -0.2) is 17.0 Å². The van der Waals surface area contributed by atoms with Crippen LogP contribution in [0.5, 0.6) is 5.75 Å². The summed E-state index contributed by atoms with van der Waals surface area (Å²) >= 11 is 18.3. The molecule has 3 aromatic carbocycles. The van der Waals surface area contributed by atoms with E-state index in [0.717, 1.165) is 5.56 Å². The number of nitrogens with one attached hydrogen (secondary N) is 1. The van der Waals surface area contributed by atoms with Crippen molar-refractivity contribution in [1.29, 1.82) is 0 Å². The van der Waals surface area contributed by atoms with Gasteiger partial charge in [-0.05, 0) is 35.9 Å². The lowest BCUT2D eigenvalue weighted by molar-refractivity contribution is 0.0696. The van der Waals surface area contributed by atoms with E-state index in [-0.39, 0.29) is 31.9 Å². The smallest absolute Gasteiger partial charge is 0.335 e. The molecule has 0 heterocycles. The second kappa shape index (κ2) is 9.18. The van der Waals surface area contributed by atoms with Gasteiger partial charge in [0.05, 0.1) is 31.9 Å². The monoisotopic (exact) mass is 449 g/mol. The van der Waals surface area contributed by atoms with Gasteiger partial charge >= 0.3 is 5.97 Å². The number of ether oxygens (including phenoxy) is 1. The van der Waals surface area contributed by atoms with E-state index in [0.29, 0.717) is 12.4 Å². The molecule has 0 aliphatic rings. The number of carbonyl (C=O) groups excluding carboxylic acids is 1. The van der Waals surface area contributed by atoms with Gasteiger partial charge in [0, 0.05) is 0 Å². The highest BCUT2D eigenvalue weighted by Crippen LogP contribution is 2.33. The second-order valence-electron chi connectivity index (χ2n) is 5.99. The molecule has 0 radical (unpaired) electrons. The average Bonchev–Trinajstić information content (AvgIpc) is 2.70. The largest absolute Gasteiger partial charge is 0.489 e. The molecule has 1 amide bonds. The third-order valence-corrected chi connectivity index (χ3v) is 4.88. The van der Waals surface area contributed by atoms with Crippen LogP contribution in [-0.2, 0) is 6.61 Å². The molecule has 3 aromatic rings. The minimum absolute atomic E-state index is 0.00384. The van der Waals surface area contributed by atoms with E-state index in [1.807, 2.05) is 30.3 Å². The highest BCUT2D eigenvalue weighted by atomic mass is 35.5. The van der Waals surface area contributed by atoms with E-state index in [4.69, 9.17) is 44.6 Å². The zero-order valence-corrected chi connectivity index (χ0v) is 17.1. The minimum Gasteiger partial charge on any atom is -0.489 e. The van der Waals surface area contributed by atoms with Gasteiger partial charge in [-0.15, -0.1) is 0 Å². The molecule has 0 bridgehead atoms. The molecule has 3 rings (SSSR count). The molecule has 0 fully saturated rings. The summed E-state index contributed by atoms with van der Waals surface area (Å²) in [6, 6.07) is 16.7. The number of aromatic carboxylic acids is 1. The summed E-state index contributed by atoms with van der Waals surface area (Å²) < 4.78 is 5.72. The Morgan fingerprint density at radius 2 is 1.55 bits per heavy atom. The van der Waals surface area contributed by atoms with E-state index >= 15 is 0 Å². The molecule has 0 spiro atoms. The van der Waals surface area contributed by atoms with Crippen LogP contribution < -0.4 is 10.1 Å². The van der Waals surface area contributed by atoms with Crippen LogP contribution in [0.4, 0.5) is 5.69 Å². The molecular formula is C21H14Cl3NO4. The van der Waals surface area contributed by atoms with Gasteiger partial charge in [-0.25, -0.2) is 4.79 Å². The number of rotatable bonds is 6. The number of hydrogen-bond acceptors (Lipinski definition) is 3. The van der Waals surface area contributed by atoms with E-state index < -0.39 is 11.9 Å². The van der Waals surface area contributed by atoms with Crippen LogP contribution >= 0.6 is 34.8 Å². The number of benzene rings is 3. The van der Waals surface area contributed by atoms with Crippen molar-refractivity contribution >= 4 is 52.4 Å². The maximum atomic E-state index is 12.7. The Morgan fingerprint density at radius 3 is 2.17 bits per heavy atom. The Labute approximate surface area is 181 Å². The molecule has 148 valence electrons. The number of carboxylic acids is 1. The van der Waals surface area contributed by atoms with Crippen molar-refractivity contribution in [1.82, 2.24) is 0 Å². The van der Waals surface area contributed by atoms with Gasteiger partial charge in [0.15, 0.2) is 0 Å². The van der Waals surface area contributed by atoms with Crippen LogP contribution in [0.3, 0.4) is 0 Å². The maximum Gasteiger partial charge on any atom is 0.335 e. The first-order chi connectivity index (χ1) is 13.8. The van der Waals surface area contributed by atoms with Crippen LogP contribution in [0.1, 0.15) is 26.3 Å². The minimum atomic E-state index is -1.18. The van der Waals surface area contributed by atoms with Crippen molar-refractivity contribution in [2.75, 3.05) is 5.32 Å². The van der Waals surface area contributed by atoms with Crippen molar-refractivity contribution in [2.45, 2.75) is 6.61 Å². The number of anilines is 1. The highest BCUT2D eigenvalue weighted by molar-refractivity contribution is 6.41. The first kappa shape index (κ1) is 21.0. The van der Waals surface area contributed by atoms with E-state index in [1.165, 1.54) is 18.2 Å². The van der Waals surface area contributed by atoms with E-state index in [2.05, 4.69) is 5.32 Å². The summed E-state index contributed by atoms with van der Waals surface area (Å²) in [6.45, 7) is 0.331. The van der Waals surface area contributed by atoms with Gasteiger partial charge in [0.2, 0.25) is 0 Å². The third-order valence-electron chi connectivity index (χ3n) is 3.96. The van der Waals surface area contributed by atoms with E-state index in [9.17, 15) is 9.59 Å². The number of hydrogen-bond donors (Lipinski definition) is 2. The van der Waals surface area contributed by atoms with Crippen molar-refractivity contribution in [3.63, 3.8) is 0 Å². The summed E-state index contributed by atoms with van der Waals surface area (Å²) in [5.41, 5.74) is 1.14. The average molecular weight is 451 g/mol. The standard InChI is InChI=1S/C21H14Cl3NO4/c22-16-7-6-14(29-11-12-4-2-1-3-5-12)10-15(16)20(26)25-19-17(23)8-13(21(27)28)9-18(19)24/h1-10H,11H2,(H,25,26)(H,27,28). The third kappa shape index (κ3) is 5.21. The molecular weight excluding hydrogens is 437 g/mol. The lowest BCUT2D eigenvalue weighted by Gasteiger charge is -2.13. The molecule has 0 aromatic heterocycles. The summed E-state index contributed by atoms with van der Waals surface area (Å²) in [7, 11) is 0. The van der Waals surface area contributed by atoms with E-state index in [1.54, 1.807) is 12.1 Å². The van der Waals surface area contributed by atoms with Gasteiger partial charge in [0.25, 0.3) is 5.91 Å². The zero-order valence-electron chi connectivity index (χ0n) is 14.8. The molecule has 29 heavy (non-hydrogen) atoms. The molecule has 0 unspecified atom stereocenters.